The minimum atomic E-state index is 0.0163. The molecular weight excluding hydrogens is 339 g/mol. The van der Waals surface area contributed by atoms with Gasteiger partial charge in [0.2, 0.25) is 0 Å². The molecule has 9 heteroatoms. The molecule has 0 aliphatic carbocycles. The summed E-state index contributed by atoms with van der Waals surface area (Å²) in [6, 6.07) is 5.03. The number of halogens is 2. The Bertz CT molecular complexity index is 886. The van der Waals surface area contributed by atoms with E-state index in [0.717, 1.165) is 0 Å². The smallest absolute Gasteiger partial charge is 0.182 e. The van der Waals surface area contributed by atoms with E-state index >= 15 is 0 Å². The lowest BCUT2D eigenvalue weighted by Gasteiger charge is -2.18. The Balaban J connectivity index is 2.29. The van der Waals surface area contributed by atoms with E-state index in [2.05, 4.69) is 11.0 Å². The lowest BCUT2D eigenvalue weighted by molar-refractivity contribution is 0.277. The van der Waals surface area contributed by atoms with Crippen LogP contribution in [0.5, 0.6) is 0 Å². The molecule has 7 nitrogen and oxygen atoms in total. The van der Waals surface area contributed by atoms with Crippen LogP contribution in [0.4, 0.5) is 11.6 Å². The van der Waals surface area contributed by atoms with Crippen LogP contribution in [0.15, 0.2) is 18.2 Å². The van der Waals surface area contributed by atoms with Crippen molar-refractivity contribution in [3.05, 3.63) is 39.2 Å². The van der Waals surface area contributed by atoms with Crippen LogP contribution in [-0.2, 0) is 11.5 Å². The molecule has 1 aliphatic rings. The number of aromatic nitrogens is 2. The summed E-state index contributed by atoms with van der Waals surface area (Å²) in [5, 5.41) is 17.5. The molecule has 0 amide bonds. The van der Waals surface area contributed by atoms with Gasteiger partial charge in [-0.25, -0.2) is 11.0 Å². The van der Waals surface area contributed by atoms with Crippen molar-refractivity contribution in [2.75, 3.05) is 11.0 Å². The molecule has 122 valence electrons. The molecule has 1 aromatic heterocycles. The standard InChI is InChI=1S/C14H16Cl2N6O/c1-7(2)6-21-11(17)12(18)22(14-13(21)19-23-20-14)8-3-4-9(15)10(16)5-8/h3-5,7,17-20H,6H2,1-2H3. The second-order valence-electron chi connectivity index (χ2n) is 5.64. The van der Waals surface area contributed by atoms with Crippen LogP contribution >= 0.6 is 23.2 Å². The zero-order valence-electron chi connectivity index (χ0n) is 12.6. The fourth-order valence-electron chi connectivity index (χ4n) is 2.44. The van der Waals surface area contributed by atoms with Crippen LogP contribution in [-0.4, -0.2) is 9.13 Å². The molecule has 3 rings (SSSR count). The van der Waals surface area contributed by atoms with Gasteiger partial charge in [0.05, 0.1) is 15.7 Å². The quantitative estimate of drug-likeness (QED) is 0.682. The number of hydrogen-bond acceptors (Lipinski definition) is 5. The first kappa shape index (κ1) is 15.9. The van der Waals surface area contributed by atoms with E-state index in [4.69, 9.17) is 39.0 Å². The third kappa shape index (κ3) is 2.71. The molecule has 2 aromatic rings. The Hall–Kier alpha value is -1.96. The third-order valence-corrected chi connectivity index (χ3v) is 4.18. The van der Waals surface area contributed by atoms with Gasteiger partial charge in [-0.15, -0.1) is 0 Å². The summed E-state index contributed by atoms with van der Waals surface area (Å²) in [6.07, 6.45) is 0. The zero-order valence-corrected chi connectivity index (χ0v) is 14.1. The van der Waals surface area contributed by atoms with Crippen molar-refractivity contribution in [2.24, 2.45) is 5.92 Å². The molecule has 0 radical (unpaired) electrons. The summed E-state index contributed by atoms with van der Waals surface area (Å²) < 4.78 is 3.26. The topological polar surface area (TPSA) is 90.9 Å². The van der Waals surface area contributed by atoms with Crippen molar-refractivity contribution < 1.29 is 4.94 Å². The van der Waals surface area contributed by atoms with Crippen LogP contribution < -0.4 is 21.9 Å². The number of anilines is 2. The van der Waals surface area contributed by atoms with Gasteiger partial charge in [0.1, 0.15) is 0 Å². The Morgan fingerprint density at radius 3 is 2.43 bits per heavy atom. The van der Waals surface area contributed by atoms with Crippen molar-refractivity contribution in [2.45, 2.75) is 20.4 Å². The van der Waals surface area contributed by atoms with Crippen LogP contribution in [0.2, 0.25) is 10.0 Å². The molecule has 0 fully saturated rings. The van der Waals surface area contributed by atoms with Gasteiger partial charge in [-0.2, -0.15) is 4.94 Å². The number of nitrogens with zero attached hydrogens (tertiary/aromatic N) is 2. The summed E-state index contributed by atoms with van der Waals surface area (Å²) in [7, 11) is 0. The van der Waals surface area contributed by atoms with Crippen LogP contribution in [0.25, 0.3) is 5.69 Å². The highest BCUT2D eigenvalue weighted by Crippen LogP contribution is 2.29. The van der Waals surface area contributed by atoms with Crippen molar-refractivity contribution in [3.8, 4) is 5.69 Å². The Morgan fingerprint density at radius 1 is 1.09 bits per heavy atom. The van der Waals surface area contributed by atoms with E-state index in [1.165, 1.54) is 0 Å². The summed E-state index contributed by atoms with van der Waals surface area (Å²) in [6.45, 7) is 4.69. The molecule has 0 atom stereocenters. The van der Waals surface area contributed by atoms with E-state index in [1.54, 1.807) is 27.3 Å². The molecule has 23 heavy (non-hydrogen) atoms. The van der Waals surface area contributed by atoms with Crippen molar-refractivity contribution in [3.63, 3.8) is 0 Å². The summed E-state index contributed by atoms with van der Waals surface area (Å²) in [5.41, 5.74) is 6.19. The first-order valence-electron chi connectivity index (χ1n) is 7.02. The SMILES string of the molecule is CC(C)Cn1c2c(n(-c3ccc(Cl)c(Cl)c3)c(=N)c1=N)NON2. The molecule has 0 bridgehead atoms. The van der Waals surface area contributed by atoms with Gasteiger partial charge in [-0.1, -0.05) is 37.0 Å². The van der Waals surface area contributed by atoms with Gasteiger partial charge in [0.15, 0.2) is 22.6 Å². The minimum Gasteiger partial charge on any atom is -0.305 e. The minimum absolute atomic E-state index is 0.0163. The summed E-state index contributed by atoms with van der Waals surface area (Å²) >= 11 is 12.0. The second kappa shape index (κ2) is 5.92. The molecule has 2 heterocycles. The maximum absolute atomic E-state index is 8.37. The molecule has 0 saturated heterocycles. The molecule has 0 spiro atoms. The van der Waals surface area contributed by atoms with Crippen molar-refractivity contribution >= 4 is 34.8 Å². The fourth-order valence-corrected chi connectivity index (χ4v) is 2.73. The first-order valence-corrected chi connectivity index (χ1v) is 7.78. The lowest BCUT2D eigenvalue weighted by atomic mass is 10.2. The summed E-state index contributed by atoms with van der Waals surface area (Å²) in [5.74, 6) is 1.44. The fraction of sp³-hybridized carbons (Fsp3) is 0.286. The van der Waals surface area contributed by atoms with Gasteiger partial charge in [-0.3, -0.25) is 15.4 Å². The van der Waals surface area contributed by atoms with E-state index in [1.807, 2.05) is 13.8 Å². The normalized spacial score (nSPS) is 12.9. The van der Waals surface area contributed by atoms with Gasteiger partial charge < -0.3 is 4.57 Å². The van der Waals surface area contributed by atoms with Crippen LogP contribution in [0, 0.1) is 16.7 Å². The Labute approximate surface area is 142 Å². The van der Waals surface area contributed by atoms with Gasteiger partial charge >= 0.3 is 0 Å². The van der Waals surface area contributed by atoms with E-state index in [-0.39, 0.29) is 11.0 Å². The maximum atomic E-state index is 8.37. The number of hydrogen-bond donors (Lipinski definition) is 4. The van der Waals surface area contributed by atoms with Crippen molar-refractivity contribution in [1.29, 1.82) is 10.8 Å². The van der Waals surface area contributed by atoms with Crippen LogP contribution in [0.3, 0.4) is 0 Å². The largest absolute Gasteiger partial charge is 0.305 e. The predicted molar refractivity (Wildman–Crippen MR) is 88.7 cm³/mol. The monoisotopic (exact) mass is 354 g/mol. The average molecular weight is 355 g/mol. The number of rotatable bonds is 3. The third-order valence-electron chi connectivity index (χ3n) is 3.44. The number of fused-ring (bicyclic) bond motifs is 1. The van der Waals surface area contributed by atoms with E-state index < -0.39 is 0 Å². The maximum Gasteiger partial charge on any atom is 0.182 e. The second-order valence-corrected chi connectivity index (χ2v) is 6.45. The highest BCUT2D eigenvalue weighted by Gasteiger charge is 2.23. The van der Waals surface area contributed by atoms with Crippen LogP contribution in [0.1, 0.15) is 13.8 Å². The molecule has 1 aromatic carbocycles. The first-order chi connectivity index (χ1) is 10.9. The van der Waals surface area contributed by atoms with E-state index in [9.17, 15) is 0 Å². The highest BCUT2D eigenvalue weighted by atomic mass is 35.5. The molecular formula is C14H16Cl2N6O. The zero-order chi connectivity index (χ0) is 16.7. The van der Waals surface area contributed by atoms with Gasteiger partial charge in [-0.05, 0) is 24.1 Å². The Morgan fingerprint density at radius 2 is 1.78 bits per heavy atom. The molecule has 1 aliphatic heterocycles. The van der Waals surface area contributed by atoms with Crippen molar-refractivity contribution in [1.82, 2.24) is 9.13 Å². The summed E-state index contributed by atoms with van der Waals surface area (Å²) in [4.78, 5) is 5.10. The van der Waals surface area contributed by atoms with Gasteiger partial charge in [0.25, 0.3) is 0 Å². The lowest BCUT2D eigenvalue weighted by Crippen LogP contribution is -2.42. The molecule has 0 unspecified atom stereocenters. The Kier molecular flexibility index (Phi) is 4.09. The molecule has 4 N–H and O–H groups in total. The highest BCUT2D eigenvalue weighted by molar-refractivity contribution is 6.42. The average Bonchev–Trinajstić information content (AvgIpc) is 2.96. The number of nitrogens with one attached hydrogen (secondary N) is 4. The van der Waals surface area contributed by atoms with E-state index in [0.29, 0.717) is 39.8 Å². The molecule has 0 saturated carbocycles. The number of benzene rings is 1. The van der Waals surface area contributed by atoms with Gasteiger partial charge in [0, 0.05) is 6.54 Å². The predicted octanol–water partition coefficient (Wildman–Crippen LogP) is 2.88.